The van der Waals surface area contributed by atoms with Crippen LogP contribution in [0.3, 0.4) is 0 Å². The molecule has 1 aromatic carbocycles. The number of alkyl halides is 2. The standard InChI is InChI=1S/C19H16ClF2N5O3/c1-9-17-11(10-3-4-12(30-19(21)22)13(7-10)29-2)8-16(28)23-18(17)27(26-9)15-6-5-14(20)24-25-15/h3-7,11,19H,8H2,1-2H3,(H,23,28)/t11-/m0/s1. The van der Waals surface area contributed by atoms with Gasteiger partial charge in [-0.1, -0.05) is 17.7 Å². The highest BCUT2D eigenvalue weighted by Gasteiger charge is 2.33. The van der Waals surface area contributed by atoms with Gasteiger partial charge >= 0.3 is 6.61 Å². The van der Waals surface area contributed by atoms with E-state index in [1.54, 1.807) is 24.3 Å². The van der Waals surface area contributed by atoms with Crippen LogP contribution in [-0.2, 0) is 4.79 Å². The first-order valence-corrected chi connectivity index (χ1v) is 9.27. The summed E-state index contributed by atoms with van der Waals surface area (Å²) in [6.07, 6.45) is 0.157. The zero-order valence-electron chi connectivity index (χ0n) is 15.9. The lowest BCUT2D eigenvalue weighted by atomic mass is 9.85. The predicted molar refractivity (Wildman–Crippen MR) is 104 cm³/mol. The van der Waals surface area contributed by atoms with Crippen molar-refractivity contribution in [2.24, 2.45) is 0 Å². The molecule has 0 saturated heterocycles. The van der Waals surface area contributed by atoms with Gasteiger partial charge in [0.2, 0.25) is 5.91 Å². The molecule has 0 saturated carbocycles. The number of benzene rings is 1. The SMILES string of the molecule is COc1cc([C@@H]2CC(=O)Nc3c2c(C)nn3-c2ccc(Cl)nn2)ccc1OC(F)F. The summed E-state index contributed by atoms with van der Waals surface area (Å²) in [5.41, 5.74) is 2.17. The van der Waals surface area contributed by atoms with Crippen LogP contribution >= 0.6 is 11.6 Å². The number of nitrogens with one attached hydrogen (secondary N) is 1. The summed E-state index contributed by atoms with van der Waals surface area (Å²) in [7, 11) is 1.36. The molecule has 2 aromatic heterocycles. The summed E-state index contributed by atoms with van der Waals surface area (Å²) in [5, 5.41) is 15.4. The summed E-state index contributed by atoms with van der Waals surface area (Å²) in [4.78, 5) is 12.5. The van der Waals surface area contributed by atoms with Crippen molar-refractivity contribution < 1.29 is 23.0 Å². The van der Waals surface area contributed by atoms with Crippen LogP contribution in [0.2, 0.25) is 5.15 Å². The minimum atomic E-state index is -2.97. The number of amides is 1. The van der Waals surface area contributed by atoms with Gasteiger partial charge in [0.25, 0.3) is 0 Å². The summed E-state index contributed by atoms with van der Waals surface area (Å²) in [6.45, 7) is -1.16. The maximum atomic E-state index is 12.6. The van der Waals surface area contributed by atoms with E-state index in [9.17, 15) is 13.6 Å². The average molecular weight is 436 g/mol. The number of methoxy groups -OCH3 is 1. The molecule has 1 aliphatic heterocycles. The fourth-order valence-corrected chi connectivity index (χ4v) is 3.61. The van der Waals surface area contributed by atoms with Crippen LogP contribution in [0, 0.1) is 6.92 Å². The molecule has 0 spiro atoms. The van der Waals surface area contributed by atoms with E-state index >= 15 is 0 Å². The molecular weight excluding hydrogens is 420 g/mol. The minimum Gasteiger partial charge on any atom is -0.493 e. The highest BCUT2D eigenvalue weighted by Crippen LogP contribution is 2.42. The number of aryl methyl sites for hydroxylation is 1. The number of fused-ring (bicyclic) bond motifs is 1. The molecule has 1 N–H and O–H groups in total. The number of carbonyl (C=O) groups is 1. The van der Waals surface area contributed by atoms with Crippen LogP contribution in [0.25, 0.3) is 5.82 Å². The van der Waals surface area contributed by atoms with Gasteiger partial charge in [0, 0.05) is 17.9 Å². The summed E-state index contributed by atoms with van der Waals surface area (Å²) >= 11 is 5.80. The van der Waals surface area contributed by atoms with Gasteiger partial charge in [-0.3, -0.25) is 4.79 Å². The highest BCUT2D eigenvalue weighted by atomic mass is 35.5. The zero-order chi connectivity index (χ0) is 21.4. The van der Waals surface area contributed by atoms with Crippen molar-refractivity contribution in [3.63, 3.8) is 0 Å². The number of ether oxygens (including phenoxy) is 2. The Labute approximate surface area is 174 Å². The quantitative estimate of drug-likeness (QED) is 0.657. The fourth-order valence-electron chi connectivity index (χ4n) is 3.51. The molecule has 30 heavy (non-hydrogen) atoms. The van der Waals surface area contributed by atoms with E-state index in [1.807, 2.05) is 6.92 Å². The Morgan fingerprint density at radius 1 is 1.23 bits per heavy atom. The van der Waals surface area contributed by atoms with Gasteiger partial charge in [-0.2, -0.15) is 18.6 Å². The maximum absolute atomic E-state index is 12.6. The topological polar surface area (TPSA) is 91.2 Å². The van der Waals surface area contributed by atoms with Gasteiger partial charge in [0.05, 0.1) is 12.8 Å². The average Bonchev–Trinajstić information content (AvgIpc) is 3.04. The third kappa shape index (κ3) is 3.65. The smallest absolute Gasteiger partial charge is 0.387 e. The molecule has 0 unspecified atom stereocenters. The van der Waals surface area contributed by atoms with Crippen molar-refractivity contribution in [3.8, 4) is 17.3 Å². The second kappa shape index (κ2) is 7.86. The van der Waals surface area contributed by atoms with Crippen LogP contribution in [0.15, 0.2) is 30.3 Å². The first-order chi connectivity index (χ1) is 14.4. The second-order valence-corrected chi connectivity index (χ2v) is 6.95. The van der Waals surface area contributed by atoms with Crippen LogP contribution in [-0.4, -0.2) is 39.6 Å². The van der Waals surface area contributed by atoms with Gasteiger partial charge in [0.15, 0.2) is 22.5 Å². The van der Waals surface area contributed by atoms with Gasteiger partial charge in [0.1, 0.15) is 5.82 Å². The third-order valence-electron chi connectivity index (χ3n) is 4.74. The Kier molecular flexibility index (Phi) is 5.25. The van der Waals surface area contributed by atoms with E-state index in [-0.39, 0.29) is 34.9 Å². The molecule has 3 heterocycles. The van der Waals surface area contributed by atoms with E-state index in [1.165, 1.54) is 17.9 Å². The third-order valence-corrected chi connectivity index (χ3v) is 4.95. The van der Waals surface area contributed by atoms with E-state index in [0.29, 0.717) is 22.9 Å². The molecule has 4 rings (SSSR count). The maximum Gasteiger partial charge on any atom is 0.387 e. The molecule has 1 amide bonds. The molecule has 156 valence electrons. The van der Waals surface area contributed by atoms with E-state index in [4.69, 9.17) is 16.3 Å². The summed E-state index contributed by atoms with van der Waals surface area (Å²) in [6, 6.07) is 7.83. The number of hydrogen-bond acceptors (Lipinski definition) is 6. The van der Waals surface area contributed by atoms with Crippen molar-refractivity contribution in [2.45, 2.75) is 25.9 Å². The number of hydrogen-bond donors (Lipinski definition) is 1. The van der Waals surface area contributed by atoms with Crippen molar-refractivity contribution in [1.82, 2.24) is 20.0 Å². The van der Waals surface area contributed by atoms with Crippen LogP contribution < -0.4 is 14.8 Å². The molecule has 0 radical (unpaired) electrons. The monoisotopic (exact) mass is 435 g/mol. The van der Waals surface area contributed by atoms with Gasteiger partial charge in [-0.05, 0) is 36.8 Å². The second-order valence-electron chi connectivity index (χ2n) is 6.57. The first kappa shape index (κ1) is 20.0. The normalized spacial score (nSPS) is 15.7. The van der Waals surface area contributed by atoms with Crippen molar-refractivity contribution in [1.29, 1.82) is 0 Å². The Morgan fingerprint density at radius 2 is 2.03 bits per heavy atom. The molecule has 11 heteroatoms. The van der Waals surface area contributed by atoms with Gasteiger partial charge in [-0.25, -0.2) is 0 Å². The minimum absolute atomic E-state index is 0.0828. The lowest BCUT2D eigenvalue weighted by Crippen LogP contribution is -2.25. The summed E-state index contributed by atoms with van der Waals surface area (Å²) < 4.78 is 36.4. The molecule has 0 fully saturated rings. The number of carbonyl (C=O) groups excluding carboxylic acids is 1. The zero-order valence-corrected chi connectivity index (χ0v) is 16.7. The van der Waals surface area contributed by atoms with Crippen molar-refractivity contribution >= 4 is 23.3 Å². The van der Waals surface area contributed by atoms with E-state index < -0.39 is 6.61 Å². The Hall–Kier alpha value is -3.27. The molecule has 8 nitrogen and oxygen atoms in total. The molecule has 0 bridgehead atoms. The Bertz CT molecular complexity index is 1100. The molecular formula is C19H16ClF2N5O3. The number of aromatic nitrogens is 4. The number of rotatable bonds is 5. The Morgan fingerprint density at radius 3 is 2.70 bits per heavy atom. The number of anilines is 1. The van der Waals surface area contributed by atoms with E-state index in [2.05, 4.69) is 25.3 Å². The van der Waals surface area contributed by atoms with Crippen LogP contribution in [0.5, 0.6) is 11.5 Å². The molecule has 3 aromatic rings. The van der Waals surface area contributed by atoms with Crippen molar-refractivity contribution in [3.05, 3.63) is 52.3 Å². The van der Waals surface area contributed by atoms with Crippen molar-refractivity contribution in [2.75, 3.05) is 12.4 Å². The first-order valence-electron chi connectivity index (χ1n) is 8.89. The highest BCUT2D eigenvalue weighted by molar-refractivity contribution is 6.29. The lowest BCUT2D eigenvalue weighted by molar-refractivity contribution is -0.116. The van der Waals surface area contributed by atoms with Crippen LogP contribution in [0.4, 0.5) is 14.6 Å². The molecule has 1 atom stereocenters. The fraction of sp³-hybridized carbons (Fsp3) is 0.263. The number of halogens is 3. The Balaban J connectivity index is 1.79. The van der Waals surface area contributed by atoms with Crippen LogP contribution in [0.1, 0.15) is 29.2 Å². The largest absolute Gasteiger partial charge is 0.493 e. The van der Waals surface area contributed by atoms with E-state index in [0.717, 1.165) is 5.56 Å². The predicted octanol–water partition coefficient (Wildman–Crippen LogP) is 3.71. The number of nitrogens with zero attached hydrogens (tertiary/aromatic N) is 4. The molecule has 0 aliphatic carbocycles. The summed E-state index contributed by atoms with van der Waals surface area (Å²) in [5.74, 6) is 0.342. The molecule has 1 aliphatic rings. The van der Waals surface area contributed by atoms with Gasteiger partial charge < -0.3 is 14.8 Å². The lowest BCUT2D eigenvalue weighted by Gasteiger charge is -2.25. The van der Waals surface area contributed by atoms with Gasteiger partial charge in [-0.15, -0.1) is 10.2 Å².